The van der Waals surface area contributed by atoms with E-state index in [0.29, 0.717) is 11.4 Å². The molecule has 0 radical (unpaired) electrons. The molecule has 1 aliphatic rings. The average Bonchev–Trinajstić information content (AvgIpc) is 2.64. The molecule has 0 unspecified atom stereocenters. The third-order valence-electron chi connectivity index (χ3n) is 5.56. The van der Waals surface area contributed by atoms with Crippen LogP contribution >= 0.6 is 0 Å². The van der Waals surface area contributed by atoms with Gasteiger partial charge in [-0.2, -0.15) is 0 Å². The number of benzene rings is 2. The third-order valence-corrected chi connectivity index (χ3v) is 7.32. The summed E-state index contributed by atoms with van der Waals surface area (Å²) < 4.78 is 28.3. The molecule has 0 saturated carbocycles. The van der Waals surface area contributed by atoms with E-state index in [1.807, 2.05) is 32.9 Å². The number of aryl methyl sites for hydroxylation is 4. The van der Waals surface area contributed by atoms with Gasteiger partial charge >= 0.3 is 0 Å². The Kier molecular flexibility index (Phi) is 6.98. The maximum absolute atomic E-state index is 12.7. The van der Waals surface area contributed by atoms with Gasteiger partial charge in [-0.1, -0.05) is 29.8 Å². The van der Waals surface area contributed by atoms with E-state index in [4.69, 9.17) is 0 Å². The third kappa shape index (κ3) is 5.59. The molecule has 158 valence electrons. The van der Waals surface area contributed by atoms with Crippen molar-refractivity contribution in [2.75, 3.05) is 44.2 Å². The molecule has 5 nitrogen and oxygen atoms in total. The molecule has 0 aliphatic carbocycles. The lowest BCUT2D eigenvalue weighted by atomic mass is 10.1. The first-order valence-corrected chi connectivity index (χ1v) is 11.9. The molecule has 1 aliphatic heterocycles. The summed E-state index contributed by atoms with van der Waals surface area (Å²) in [6, 6.07) is 12.5. The molecular weight excluding hydrogens is 382 g/mol. The zero-order valence-electron chi connectivity index (χ0n) is 18.0. The van der Waals surface area contributed by atoms with E-state index in [1.54, 1.807) is 0 Å². The Labute approximate surface area is 175 Å². The lowest BCUT2D eigenvalue weighted by Crippen LogP contribution is -2.47. The largest absolute Gasteiger partial charge is 0.369 e. The van der Waals surface area contributed by atoms with Crippen molar-refractivity contribution < 1.29 is 8.42 Å². The highest BCUT2D eigenvalue weighted by molar-refractivity contribution is 7.89. The topological polar surface area (TPSA) is 52.6 Å². The van der Waals surface area contributed by atoms with Crippen LogP contribution in [0.15, 0.2) is 41.3 Å². The van der Waals surface area contributed by atoms with E-state index in [0.717, 1.165) is 55.8 Å². The summed E-state index contributed by atoms with van der Waals surface area (Å²) >= 11 is 0. The first-order chi connectivity index (χ1) is 13.8. The average molecular weight is 416 g/mol. The van der Waals surface area contributed by atoms with Crippen LogP contribution in [0.5, 0.6) is 0 Å². The second kappa shape index (κ2) is 9.28. The van der Waals surface area contributed by atoms with E-state index >= 15 is 0 Å². The van der Waals surface area contributed by atoms with Gasteiger partial charge in [0.2, 0.25) is 10.0 Å². The van der Waals surface area contributed by atoms with Crippen molar-refractivity contribution in [3.63, 3.8) is 0 Å². The van der Waals surface area contributed by atoms with Crippen LogP contribution in [0, 0.1) is 27.7 Å². The van der Waals surface area contributed by atoms with Gasteiger partial charge in [-0.05, 0) is 69.5 Å². The van der Waals surface area contributed by atoms with Crippen LogP contribution in [0.25, 0.3) is 0 Å². The molecule has 0 bridgehead atoms. The highest BCUT2D eigenvalue weighted by Crippen LogP contribution is 2.21. The van der Waals surface area contributed by atoms with Crippen LogP contribution in [0.3, 0.4) is 0 Å². The highest BCUT2D eigenvalue weighted by Gasteiger charge is 2.20. The SMILES string of the molecule is Cc1cccc(N2CCN(CCCNS(=O)(=O)c3c(C)cc(C)cc3C)CC2)c1. The molecule has 1 saturated heterocycles. The van der Waals surface area contributed by atoms with E-state index in [9.17, 15) is 8.42 Å². The summed E-state index contributed by atoms with van der Waals surface area (Å²) in [4.78, 5) is 5.27. The van der Waals surface area contributed by atoms with Crippen molar-refractivity contribution in [2.24, 2.45) is 0 Å². The van der Waals surface area contributed by atoms with Crippen LogP contribution in [-0.2, 0) is 10.0 Å². The minimum absolute atomic E-state index is 0.426. The molecule has 1 N–H and O–H groups in total. The minimum atomic E-state index is -3.47. The monoisotopic (exact) mass is 415 g/mol. The second-order valence-electron chi connectivity index (χ2n) is 8.15. The first-order valence-electron chi connectivity index (χ1n) is 10.4. The van der Waals surface area contributed by atoms with E-state index < -0.39 is 10.0 Å². The van der Waals surface area contributed by atoms with Crippen LogP contribution in [0.4, 0.5) is 5.69 Å². The summed E-state index contributed by atoms with van der Waals surface area (Å²) in [5.74, 6) is 0. The van der Waals surface area contributed by atoms with Gasteiger partial charge in [0.1, 0.15) is 0 Å². The number of nitrogens with one attached hydrogen (secondary N) is 1. The molecule has 6 heteroatoms. The van der Waals surface area contributed by atoms with Gasteiger partial charge in [0.05, 0.1) is 4.90 Å². The van der Waals surface area contributed by atoms with Crippen LogP contribution in [0.1, 0.15) is 28.7 Å². The molecule has 0 atom stereocenters. The molecule has 2 aromatic rings. The predicted molar refractivity (Wildman–Crippen MR) is 120 cm³/mol. The highest BCUT2D eigenvalue weighted by atomic mass is 32.2. The van der Waals surface area contributed by atoms with Gasteiger partial charge in [0.25, 0.3) is 0 Å². The lowest BCUT2D eigenvalue weighted by molar-refractivity contribution is 0.255. The fourth-order valence-electron chi connectivity index (χ4n) is 4.23. The Hall–Kier alpha value is -1.89. The Morgan fingerprint density at radius 2 is 1.55 bits per heavy atom. The number of hydrogen-bond acceptors (Lipinski definition) is 4. The summed E-state index contributed by atoms with van der Waals surface area (Å²) in [6.45, 7) is 13.3. The lowest BCUT2D eigenvalue weighted by Gasteiger charge is -2.36. The Balaban J connectivity index is 1.45. The van der Waals surface area contributed by atoms with Crippen molar-refractivity contribution >= 4 is 15.7 Å². The number of piperazine rings is 1. The van der Waals surface area contributed by atoms with E-state index in [-0.39, 0.29) is 0 Å². The number of rotatable bonds is 7. The van der Waals surface area contributed by atoms with Crippen molar-refractivity contribution in [1.29, 1.82) is 0 Å². The normalized spacial score (nSPS) is 15.7. The van der Waals surface area contributed by atoms with Crippen molar-refractivity contribution in [1.82, 2.24) is 9.62 Å². The molecule has 1 heterocycles. The summed E-state index contributed by atoms with van der Waals surface area (Å²) in [5.41, 5.74) is 5.28. The van der Waals surface area contributed by atoms with Gasteiger partial charge in [0.15, 0.2) is 0 Å². The van der Waals surface area contributed by atoms with E-state index in [1.165, 1.54) is 11.3 Å². The van der Waals surface area contributed by atoms with Crippen LogP contribution in [-0.4, -0.2) is 52.6 Å². The minimum Gasteiger partial charge on any atom is -0.369 e. The van der Waals surface area contributed by atoms with Gasteiger partial charge in [0, 0.05) is 38.4 Å². The number of nitrogens with zero attached hydrogens (tertiary/aromatic N) is 2. The van der Waals surface area contributed by atoms with Gasteiger partial charge < -0.3 is 4.90 Å². The first kappa shape index (κ1) is 21.8. The Morgan fingerprint density at radius 1 is 0.897 bits per heavy atom. The molecule has 1 fully saturated rings. The van der Waals surface area contributed by atoms with Gasteiger partial charge in [-0.3, -0.25) is 4.90 Å². The second-order valence-corrected chi connectivity index (χ2v) is 9.85. The molecule has 3 rings (SSSR count). The predicted octanol–water partition coefficient (Wildman–Crippen LogP) is 3.41. The van der Waals surface area contributed by atoms with Crippen LogP contribution in [0.2, 0.25) is 0 Å². The fourth-order valence-corrected chi connectivity index (χ4v) is 5.75. The van der Waals surface area contributed by atoms with Crippen molar-refractivity contribution in [2.45, 2.75) is 39.0 Å². The zero-order valence-corrected chi connectivity index (χ0v) is 18.8. The maximum Gasteiger partial charge on any atom is 0.241 e. The maximum atomic E-state index is 12.7. The zero-order chi connectivity index (χ0) is 21.0. The van der Waals surface area contributed by atoms with Crippen molar-refractivity contribution in [3.8, 4) is 0 Å². The molecule has 0 spiro atoms. The molecule has 2 aromatic carbocycles. The van der Waals surface area contributed by atoms with Gasteiger partial charge in [-0.25, -0.2) is 13.1 Å². The quantitative estimate of drug-likeness (QED) is 0.704. The number of sulfonamides is 1. The molecule has 29 heavy (non-hydrogen) atoms. The Morgan fingerprint density at radius 3 is 2.17 bits per heavy atom. The summed E-state index contributed by atoms with van der Waals surface area (Å²) in [7, 11) is -3.47. The molecule has 0 amide bonds. The number of anilines is 1. The Bertz CT molecular complexity index is 925. The standard InChI is InChI=1S/C23H33N3O2S/c1-18-7-5-8-22(17-18)26-13-11-25(12-14-26)10-6-9-24-29(27,28)23-20(3)15-19(2)16-21(23)4/h5,7-8,15-17,24H,6,9-14H2,1-4H3. The van der Waals surface area contributed by atoms with Crippen molar-refractivity contribution in [3.05, 3.63) is 58.7 Å². The van der Waals surface area contributed by atoms with Crippen LogP contribution < -0.4 is 9.62 Å². The smallest absolute Gasteiger partial charge is 0.241 e. The molecular formula is C23H33N3O2S. The summed E-state index contributed by atoms with van der Waals surface area (Å²) in [5, 5.41) is 0. The van der Waals surface area contributed by atoms with Gasteiger partial charge in [-0.15, -0.1) is 0 Å². The van der Waals surface area contributed by atoms with E-state index in [2.05, 4.69) is 45.7 Å². The number of hydrogen-bond donors (Lipinski definition) is 1. The molecule has 0 aromatic heterocycles. The fraction of sp³-hybridized carbons (Fsp3) is 0.478. The summed E-state index contributed by atoms with van der Waals surface area (Å²) in [6.07, 6.45) is 0.813.